The van der Waals surface area contributed by atoms with Crippen molar-refractivity contribution in [2.24, 2.45) is 5.92 Å². The molecule has 0 amide bonds. The summed E-state index contributed by atoms with van der Waals surface area (Å²) in [6, 6.07) is 0. The van der Waals surface area contributed by atoms with Gasteiger partial charge in [-0.2, -0.15) is 0 Å². The van der Waals surface area contributed by atoms with E-state index in [0.29, 0.717) is 5.92 Å². The number of H-pyrrole nitrogens is 1. The molecule has 1 aromatic rings. The zero-order chi connectivity index (χ0) is 13.1. The van der Waals surface area contributed by atoms with Gasteiger partial charge >= 0.3 is 0 Å². The SMILES string of the molecule is CC(C)Cc1nc(CC2CCCO2)[nH]c(=O)c1I. The van der Waals surface area contributed by atoms with Gasteiger partial charge in [0.2, 0.25) is 0 Å². The standard InChI is InChI=1S/C13H19IN2O2/c1-8(2)6-10-12(14)13(17)16-11(15-10)7-9-4-3-5-18-9/h8-9H,3-7H2,1-2H3,(H,15,16,17). The number of nitrogens with one attached hydrogen (secondary N) is 1. The molecular weight excluding hydrogens is 343 g/mol. The quantitative estimate of drug-likeness (QED) is 0.837. The molecule has 1 N–H and O–H groups in total. The van der Waals surface area contributed by atoms with Gasteiger partial charge in [0.15, 0.2) is 0 Å². The van der Waals surface area contributed by atoms with Crippen LogP contribution in [-0.4, -0.2) is 22.7 Å². The van der Waals surface area contributed by atoms with Gasteiger partial charge in [0.1, 0.15) is 5.82 Å². The molecule has 0 aliphatic carbocycles. The molecule has 5 heteroatoms. The average molecular weight is 362 g/mol. The van der Waals surface area contributed by atoms with Crippen molar-refractivity contribution in [3.05, 3.63) is 25.4 Å². The molecule has 0 aromatic carbocycles. The lowest BCUT2D eigenvalue weighted by Crippen LogP contribution is -2.22. The maximum atomic E-state index is 11.9. The Labute approximate surface area is 121 Å². The minimum absolute atomic E-state index is 0.0192. The summed E-state index contributed by atoms with van der Waals surface area (Å²) in [5.74, 6) is 1.27. The summed E-state index contributed by atoms with van der Waals surface area (Å²) in [7, 11) is 0. The Hall–Kier alpha value is -0.430. The lowest BCUT2D eigenvalue weighted by atomic mass is 10.1. The molecule has 1 aromatic heterocycles. The number of halogens is 1. The summed E-state index contributed by atoms with van der Waals surface area (Å²) in [5, 5.41) is 0. The molecule has 1 aliphatic heterocycles. The number of ether oxygens (including phenoxy) is 1. The molecule has 1 atom stereocenters. The first-order valence-electron chi connectivity index (χ1n) is 6.45. The highest BCUT2D eigenvalue weighted by Gasteiger charge is 2.18. The minimum Gasteiger partial charge on any atom is -0.378 e. The number of aromatic amines is 1. The predicted octanol–water partition coefficient (Wildman–Crippen LogP) is 2.29. The van der Waals surface area contributed by atoms with Crippen LogP contribution in [0.1, 0.15) is 38.2 Å². The van der Waals surface area contributed by atoms with Crippen molar-refractivity contribution in [2.75, 3.05) is 6.61 Å². The largest absolute Gasteiger partial charge is 0.378 e. The molecule has 1 saturated heterocycles. The molecule has 100 valence electrons. The van der Waals surface area contributed by atoms with Crippen LogP contribution in [0.15, 0.2) is 4.79 Å². The van der Waals surface area contributed by atoms with Crippen molar-refractivity contribution in [3.8, 4) is 0 Å². The Bertz CT molecular complexity index is 465. The minimum atomic E-state index is -0.0192. The fourth-order valence-electron chi connectivity index (χ4n) is 2.20. The van der Waals surface area contributed by atoms with Crippen LogP contribution in [0.4, 0.5) is 0 Å². The predicted molar refractivity (Wildman–Crippen MR) is 78.8 cm³/mol. The van der Waals surface area contributed by atoms with Crippen molar-refractivity contribution in [1.29, 1.82) is 0 Å². The normalized spacial score (nSPS) is 19.7. The van der Waals surface area contributed by atoms with Crippen molar-refractivity contribution in [1.82, 2.24) is 9.97 Å². The van der Waals surface area contributed by atoms with Gasteiger partial charge in [-0.25, -0.2) is 4.98 Å². The number of aromatic nitrogens is 2. The van der Waals surface area contributed by atoms with E-state index in [0.717, 1.165) is 47.4 Å². The molecule has 0 spiro atoms. The third-order valence-corrected chi connectivity index (χ3v) is 4.14. The monoisotopic (exact) mass is 362 g/mol. The van der Waals surface area contributed by atoms with Gasteiger partial charge in [-0.1, -0.05) is 13.8 Å². The topological polar surface area (TPSA) is 55.0 Å². The van der Waals surface area contributed by atoms with Gasteiger partial charge in [-0.3, -0.25) is 4.79 Å². The molecule has 2 heterocycles. The summed E-state index contributed by atoms with van der Waals surface area (Å²) >= 11 is 2.08. The molecule has 0 bridgehead atoms. The molecule has 1 fully saturated rings. The van der Waals surface area contributed by atoms with Crippen LogP contribution in [-0.2, 0) is 17.6 Å². The molecule has 2 rings (SSSR count). The second kappa shape index (κ2) is 6.14. The number of hydrogen-bond acceptors (Lipinski definition) is 3. The van der Waals surface area contributed by atoms with Gasteiger partial charge in [-0.15, -0.1) is 0 Å². The Kier molecular flexibility index (Phi) is 4.77. The highest BCUT2D eigenvalue weighted by molar-refractivity contribution is 14.1. The summed E-state index contributed by atoms with van der Waals surface area (Å²) in [6.07, 6.45) is 3.96. The number of hydrogen-bond donors (Lipinski definition) is 1. The molecule has 4 nitrogen and oxygen atoms in total. The Morgan fingerprint density at radius 3 is 2.94 bits per heavy atom. The highest BCUT2D eigenvalue weighted by atomic mass is 127. The van der Waals surface area contributed by atoms with E-state index >= 15 is 0 Å². The third kappa shape index (κ3) is 3.54. The first-order valence-corrected chi connectivity index (χ1v) is 7.53. The molecule has 0 radical (unpaired) electrons. The summed E-state index contributed by atoms with van der Waals surface area (Å²) in [6.45, 7) is 5.11. The molecule has 1 unspecified atom stereocenters. The van der Waals surface area contributed by atoms with Gasteiger partial charge < -0.3 is 9.72 Å². The van der Waals surface area contributed by atoms with E-state index in [9.17, 15) is 4.79 Å². The van der Waals surface area contributed by atoms with E-state index in [1.54, 1.807) is 0 Å². The van der Waals surface area contributed by atoms with E-state index < -0.39 is 0 Å². The average Bonchev–Trinajstić information content (AvgIpc) is 2.77. The second-order valence-corrected chi connectivity index (χ2v) is 6.29. The maximum absolute atomic E-state index is 11.9. The third-order valence-electron chi connectivity index (χ3n) is 3.03. The summed E-state index contributed by atoms with van der Waals surface area (Å²) in [4.78, 5) is 19.3. The van der Waals surface area contributed by atoms with E-state index in [1.165, 1.54) is 0 Å². The maximum Gasteiger partial charge on any atom is 0.264 e. The Morgan fingerprint density at radius 2 is 2.33 bits per heavy atom. The zero-order valence-electron chi connectivity index (χ0n) is 10.8. The van der Waals surface area contributed by atoms with Crippen LogP contribution in [0.5, 0.6) is 0 Å². The van der Waals surface area contributed by atoms with Crippen molar-refractivity contribution in [2.45, 2.75) is 45.6 Å². The molecule has 0 saturated carbocycles. The summed E-state index contributed by atoms with van der Waals surface area (Å²) in [5.41, 5.74) is 0.900. The van der Waals surface area contributed by atoms with Crippen LogP contribution in [0.3, 0.4) is 0 Å². The smallest absolute Gasteiger partial charge is 0.264 e. The lowest BCUT2D eigenvalue weighted by Gasteiger charge is -2.11. The van der Waals surface area contributed by atoms with Crippen LogP contribution in [0, 0.1) is 9.49 Å². The fraction of sp³-hybridized carbons (Fsp3) is 0.692. The molecular formula is C13H19IN2O2. The van der Waals surface area contributed by atoms with Crippen LogP contribution < -0.4 is 5.56 Å². The van der Waals surface area contributed by atoms with E-state index in [4.69, 9.17) is 4.74 Å². The molecule has 18 heavy (non-hydrogen) atoms. The van der Waals surface area contributed by atoms with Crippen LogP contribution in [0.2, 0.25) is 0 Å². The fourth-order valence-corrected chi connectivity index (χ4v) is 2.67. The first kappa shape index (κ1) is 14.0. The summed E-state index contributed by atoms with van der Waals surface area (Å²) < 4.78 is 6.30. The Morgan fingerprint density at radius 1 is 1.56 bits per heavy atom. The van der Waals surface area contributed by atoms with E-state index in [2.05, 4.69) is 46.4 Å². The van der Waals surface area contributed by atoms with Gasteiger partial charge in [0.05, 0.1) is 15.4 Å². The number of nitrogens with zero attached hydrogens (tertiary/aromatic N) is 1. The van der Waals surface area contributed by atoms with Crippen molar-refractivity contribution in [3.63, 3.8) is 0 Å². The van der Waals surface area contributed by atoms with E-state index in [-0.39, 0.29) is 11.7 Å². The second-order valence-electron chi connectivity index (χ2n) is 5.21. The van der Waals surface area contributed by atoms with Gasteiger partial charge in [0.25, 0.3) is 5.56 Å². The van der Waals surface area contributed by atoms with E-state index in [1.807, 2.05) is 0 Å². The van der Waals surface area contributed by atoms with Crippen LogP contribution >= 0.6 is 22.6 Å². The van der Waals surface area contributed by atoms with Crippen molar-refractivity contribution >= 4 is 22.6 Å². The highest BCUT2D eigenvalue weighted by Crippen LogP contribution is 2.16. The lowest BCUT2D eigenvalue weighted by molar-refractivity contribution is 0.109. The van der Waals surface area contributed by atoms with Gasteiger partial charge in [-0.05, 0) is 47.8 Å². The van der Waals surface area contributed by atoms with Crippen LogP contribution in [0.25, 0.3) is 0 Å². The number of rotatable bonds is 4. The van der Waals surface area contributed by atoms with Crippen molar-refractivity contribution < 1.29 is 4.74 Å². The first-order chi connectivity index (χ1) is 8.56. The molecule has 1 aliphatic rings. The zero-order valence-corrected chi connectivity index (χ0v) is 13.0. The van der Waals surface area contributed by atoms with Gasteiger partial charge in [0, 0.05) is 13.0 Å². The Balaban J connectivity index is 2.20.